The molecule has 1 N–H and O–H groups in total. The molecule has 0 aliphatic carbocycles. The van der Waals surface area contributed by atoms with E-state index in [1.54, 1.807) is 0 Å². The van der Waals surface area contributed by atoms with Crippen molar-refractivity contribution in [1.29, 1.82) is 0 Å². The molecule has 1 aliphatic heterocycles. The summed E-state index contributed by atoms with van der Waals surface area (Å²) >= 11 is 0. The lowest BCUT2D eigenvalue weighted by atomic mass is 10.4. The van der Waals surface area contributed by atoms with Crippen molar-refractivity contribution in [3.05, 3.63) is 0 Å². The molecule has 0 radical (unpaired) electrons. The van der Waals surface area contributed by atoms with Gasteiger partial charge in [-0.1, -0.05) is 6.92 Å². The van der Waals surface area contributed by atoms with E-state index < -0.39 is 0 Å². The second-order valence-electron chi connectivity index (χ2n) is 4.51. The standard InChI is InChI=1S/C12H27N3O/c1-3-4-13-5-6-14(2)7-8-15-9-11-16-12-10-15/h13H,3-12H2,1-2H3. The summed E-state index contributed by atoms with van der Waals surface area (Å²) in [5.74, 6) is 0. The molecule has 1 fully saturated rings. The van der Waals surface area contributed by atoms with Crippen molar-refractivity contribution in [1.82, 2.24) is 15.1 Å². The van der Waals surface area contributed by atoms with Gasteiger partial charge in [0, 0.05) is 39.3 Å². The average molecular weight is 229 g/mol. The first-order valence-electron chi connectivity index (χ1n) is 6.52. The summed E-state index contributed by atoms with van der Waals surface area (Å²) < 4.78 is 5.33. The molecule has 0 atom stereocenters. The Kier molecular flexibility index (Phi) is 7.76. The van der Waals surface area contributed by atoms with Gasteiger partial charge in [-0.3, -0.25) is 4.90 Å². The van der Waals surface area contributed by atoms with Crippen LogP contribution in [0.4, 0.5) is 0 Å². The van der Waals surface area contributed by atoms with E-state index in [0.29, 0.717) is 0 Å². The minimum atomic E-state index is 0.905. The molecule has 0 bridgehead atoms. The van der Waals surface area contributed by atoms with Crippen molar-refractivity contribution in [3.63, 3.8) is 0 Å². The van der Waals surface area contributed by atoms with Crippen molar-refractivity contribution in [2.75, 3.05) is 66.1 Å². The van der Waals surface area contributed by atoms with E-state index in [-0.39, 0.29) is 0 Å². The predicted octanol–water partition coefficient (Wildman–Crippen LogP) is 0.250. The molecule has 1 saturated heterocycles. The smallest absolute Gasteiger partial charge is 0.0594 e. The summed E-state index contributed by atoms with van der Waals surface area (Å²) in [6, 6.07) is 0. The highest BCUT2D eigenvalue weighted by molar-refractivity contribution is 4.64. The second-order valence-corrected chi connectivity index (χ2v) is 4.51. The molecule has 0 aromatic rings. The molecule has 1 aliphatic rings. The number of rotatable bonds is 8. The van der Waals surface area contributed by atoms with Crippen LogP contribution in [0.1, 0.15) is 13.3 Å². The Hall–Kier alpha value is -0.160. The Morgan fingerprint density at radius 2 is 1.94 bits per heavy atom. The summed E-state index contributed by atoms with van der Waals surface area (Å²) in [6.45, 7) is 11.9. The van der Waals surface area contributed by atoms with Crippen molar-refractivity contribution in [2.45, 2.75) is 13.3 Å². The number of hydrogen-bond acceptors (Lipinski definition) is 4. The number of likely N-dealkylation sites (N-methyl/N-ethyl adjacent to an activating group) is 1. The Morgan fingerprint density at radius 3 is 2.62 bits per heavy atom. The maximum Gasteiger partial charge on any atom is 0.0594 e. The highest BCUT2D eigenvalue weighted by Crippen LogP contribution is 1.96. The summed E-state index contributed by atoms with van der Waals surface area (Å²) in [7, 11) is 2.20. The minimum absolute atomic E-state index is 0.905. The lowest BCUT2D eigenvalue weighted by Gasteiger charge is -2.28. The first-order chi connectivity index (χ1) is 7.83. The molecule has 96 valence electrons. The molecule has 4 heteroatoms. The summed E-state index contributed by atoms with van der Waals surface area (Å²) in [6.07, 6.45) is 1.22. The number of morpholine rings is 1. The largest absolute Gasteiger partial charge is 0.379 e. The molecule has 0 aromatic carbocycles. The van der Waals surface area contributed by atoms with Gasteiger partial charge in [-0.25, -0.2) is 0 Å². The zero-order valence-electron chi connectivity index (χ0n) is 10.9. The summed E-state index contributed by atoms with van der Waals surface area (Å²) in [5, 5.41) is 3.43. The lowest BCUT2D eigenvalue weighted by Crippen LogP contribution is -2.41. The fraction of sp³-hybridized carbons (Fsp3) is 1.00. The minimum Gasteiger partial charge on any atom is -0.379 e. The van der Waals surface area contributed by atoms with Gasteiger partial charge in [0.15, 0.2) is 0 Å². The maximum absolute atomic E-state index is 5.33. The highest BCUT2D eigenvalue weighted by atomic mass is 16.5. The predicted molar refractivity (Wildman–Crippen MR) is 67.9 cm³/mol. The van der Waals surface area contributed by atoms with Crippen molar-refractivity contribution < 1.29 is 4.74 Å². The summed E-state index contributed by atoms with van der Waals surface area (Å²) in [4.78, 5) is 4.89. The maximum atomic E-state index is 5.33. The molecule has 0 spiro atoms. The molecule has 0 aromatic heterocycles. The first-order valence-corrected chi connectivity index (χ1v) is 6.52. The van der Waals surface area contributed by atoms with E-state index in [1.165, 1.54) is 13.0 Å². The van der Waals surface area contributed by atoms with Gasteiger partial charge in [0.05, 0.1) is 13.2 Å². The van der Waals surface area contributed by atoms with Gasteiger partial charge in [0.1, 0.15) is 0 Å². The van der Waals surface area contributed by atoms with E-state index in [0.717, 1.165) is 52.5 Å². The van der Waals surface area contributed by atoms with Crippen LogP contribution in [0, 0.1) is 0 Å². The van der Waals surface area contributed by atoms with Crippen molar-refractivity contribution in [3.8, 4) is 0 Å². The highest BCUT2D eigenvalue weighted by Gasteiger charge is 2.10. The van der Waals surface area contributed by atoms with E-state index in [2.05, 4.69) is 29.1 Å². The van der Waals surface area contributed by atoms with Crippen LogP contribution in [0.3, 0.4) is 0 Å². The van der Waals surface area contributed by atoms with Crippen LogP contribution in [0.15, 0.2) is 0 Å². The SMILES string of the molecule is CCCNCCN(C)CCN1CCOCC1. The molecule has 1 heterocycles. The molecular weight excluding hydrogens is 202 g/mol. The number of nitrogens with zero attached hydrogens (tertiary/aromatic N) is 2. The van der Waals surface area contributed by atoms with Gasteiger partial charge in [0.25, 0.3) is 0 Å². The molecule has 16 heavy (non-hydrogen) atoms. The quantitative estimate of drug-likeness (QED) is 0.604. The lowest BCUT2D eigenvalue weighted by molar-refractivity contribution is 0.0345. The van der Waals surface area contributed by atoms with E-state index in [9.17, 15) is 0 Å². The molecule has 0 amide bonds. The topological polar surface area (TPSA) is 27.7 Å². The van der Waals surface area contributed by atoms with E-state index in [1.807, 2.05) is 0 Å². The van der Waals surface area contributed by atoms with E-state index in [4.69, 9.17) is 4.74 Å². The molecule has 4 nitrogen and oxygen atoms in total. The zero-order chi connectivity index (χ0) is 11.6. The second kappa shape index (κ2) is 8.93. The number of hydrogen-bond donors (Lipinski definition) is 1. The van der Waals surface area contributed by atoms with Crippen LogP contribution >= 0.6 is 0 Å². The number of nitrogens with one attached hydrogen (secondary N) is 1. The van der Waals surface area contributed by atoms with Gasteiger partial charge in [-0.2, -0.15) is 0 Å². The van der Waals surface area contributed by atoms with Crippen molar-refractivity contribution in [2.24, 2.45) is 0 Å². The fourth-order valence-corrected chi connectivity index (χ4v) is 1.82. The normalized spacial score (nSPS) is 18.2. The number of ether oxygens (including phenoxy) is 1. The van der Waals surface area contributed by atoms with Crippen LogP contribution < -0.4 is 5.32 Å². The Labute approximate surface area is 99.9 Å². The Bertz CT molecular complexity index is 160. The molecule has 0 saturated carbocycles. The third-order valence-corrected chi connectivity index (χ3v) is 3.00. The third-order valence-electron chi connectivity index (χ3n) is 3.00. The molecular formula is C12H27N3O. The summed E-state index contributed by atoms with van der Waals surface area (Å²) in [5.41, 5.74) is 0. The van der Waals surface area contributed by atoms with Gasteiger partial charge in [0.2, 0.25) is 0 Å². The third kappa shape index (κ3) is 6.43. The molecule has 0 unspecified atom stereocenters. The van der Waals surface area contributed by atoms with Crippen LogP contribution in [-0.2, 0) is 4.74 Å². The Morgan fingerprint density at radius 1 is 1.19 bits per heavy atom. The van der Waals surface area contributed by atoms with Crippen LogP contribution in [0.5, 0.6) is 0 Å². The Balaban J connectivity index is 1.94. The zero-order valence-corrected chi connectivity index (χ0v) is 10.9. The van der Waals surface area contributed by atoms with Gasteiger partial charge < -0.3 is 15.0 Å². The van der Waals surface area contributed by atoms with Crippen molar-refractivity contribution >= 4 is 0 Å². The van der Waals surface area contributed by atoms with Gasteiger partial charge >= 0.3 is 0 Å². The van der Waals surface area contributed by atoms with Crippen LogP contribution in [0.2, 0.25) is 0 Å². The average Bonchev–Trinajstić information content (AvgIpc) is 2.33. The van der Waals surface area contributed by atoms with Crippen LogP contribution in [-0.4, -0.2) is 75.9 Å². The first kappa shape index (κ1) is 13.9. The molecule has 1 rings (SSSR count). The van der Waals surface area contributed by atoms with E-state index >= 15 is 0 Å². The fourth-order valence-electron chi connectivity index (χ4n) is 1.82. The monoisotopic (exact) mass is 229 g/mol. The van der Waals surface area contributed by atoms with Crippen LogP contribution in [0.25, 0.3) is 0 Å². The van der Waals surface area contributed by atoms with Gasteiger partial charge in [-0.15, -0.1) is 0 Å². The van der Waals surface area contributed by atoms with Gasteiger partial charge in [-0.05, 0) is 20.0 Å².